The average molecular weight is 598 g/mol. The van der Waals surface area contributed by atoms with Crippen LogP contribution in [0.4, 0.5) is 4.39 Å². The van der Waals surface area contributed by atoms with Gasteiger partial charge in [-0.05, 0) is 19.1 Å². The molecule has 3 rings (SSSR count). The van der Waals surface area contributed by atoms with E-state index in [9.17, 15) is 14.6 Å². The van der Waals surface area contributed by atoms with E-state index >= 15 is 0 Å². The molecule has 1 aromatic heterocycles. The van der Waals surface area contributed by atoms with Gasteiger partial charge in [0.25, 0.3) is 0 Å². The number of phosphoric acid groups is 3. The summed E-state index contributed by atoms with van der Waals surface area (Å²) < 4.78 is 46.4. The van der Waals surface area contributed by atoms with Crippen LogP contribution in [-0.2, 0) is 18.4 Å². The van der Waals surface area contributed by atoms with Crippen molar-refractivity contribution in [2.24, 2.45) is 0 Å². The summed E-state index contributed by atoms with van der Waals surface area (Å²) in [7, 11) is -13.9. The maximum Gasteiger partial charge on any atom is 0.466 e. The van der Waals surface area contributed by atoms with Gasteiger partial charge in [0.2, 0.25) is 0 Å². The van der Waals surface area contributed by atoms with Gasteiger partial charge in [0.05, 0.1) is 10.8 Å². The van der Waals surface area contributed by atoms with E-state index in [-0.39, 0.29) is 5.52 Å². The van der Waals surface area contributed by atoms with E-state index < -0.39 is 53.7 Å². The molecule has 2 heterocycles. The molecule has 1 aliphatic rings. The number of hydrogen-bond acceptors (Lipinski definition) is 8. The summed E-state index contributed by atoms with van der Waals surface area (Å²) >= 11 is 6.99. The summed E-state index contributed by atoms with van der Waals surface area (Å²) in [5.74, 6) is -0.508. The van der Waals surface area contributed by atoms with Crippen LogP contribution in [0.5, 0.6) is 0 Å². The van der Waals surface area contributed by atoms with Crippen LogP contribution >= 0.6 is 46.4 Å². The Morgan fingerprint density at radius 2 is 1.32 bits per heavy atom. The van der Waals surface area contributed by atoms with Crippen molar-refractivity contribution in [1.29, 1.82) is 0 Å². The molecule has 0 aliphatic carbocycles. The maximum atomic E-state index is 13.7. The van der Waals surface area contributed by atoms with Crippen LogP contribution in [0.1, 0.15) is 18.0 Å². The predicted octanol–water partition coefficient (Wildman–Crippen LogP) is -0.515. The zero-order valence-electron chi connectivity index (χ0n) is 16.5. The minimum Gasteiger partial charge on any atom is -0.388 e. The van der Waals surface area contributed by atoms with Crippen LogP contribution in [0.25, 0.3) is 10.2 Å². The van der Waals surface area contributed by atoms with Crippen molar-refractivity contribution in [3.8, 4) is 0 Å². The number of fused-ring (bicyclic) bond motifs is 1. The van der Waals surface area contributed by atoms with Gasteiger partial charge < -0.3 is 59.0 Å². The van der Waals surface area contributed by atoms with E-state index in [2.05, 4.69) is 4.98 Å². The average Bonchev–Trinajstić information content (AvgIpc) is 3.07. The third-order valence-electron chi connectivity index (χ3n) is 3.18. The van der Waals surface area contributed by atoms with Crippen molar-refractivity contribution in [3.63, 3.8) is 0 Å². The molecule has 0 bridgehead atoms. The van der Waals surface area contributed by atoms with Gasteiger partial charge in [-0.3, -0.25) is 0 Å². The van der Waals surface area contributed by atoms with Crippen LogP contribution in [0.3, 0.4) is 0 Å². The highest BCUT2D eigenvalue weighted by Crippen LogP contribution is 2.38. The normalized spacial score (nSPS) is 22.6. The standard InChI is InChI=1S/C12H11ClFNO3S.3H3O4P/c1-4-9(16)10(17)11(18-4)12-15-8-6(14)2-5(13)3-7(8)19-12;3*1-5(2,3)4/h2-4,9-11,16-17H,1H3;3*(H3,1,2,3,4). The summed E-state index contributed by atoms with van der Waals surface area (Å²) in [6, 6.07) is 2.80. The quantitative estimate of drug-likeness (QED) is 0.184. The largest absolute Gasteiger partial charge is 0.466 e. The number of nitrogens with zero attached hydrogens (tertiary/aromatic N) is 1. The molecular weight excluding hydrogens is 578 g/mol. The Hall–Kier alpha value is -0.460. The molecule has 16 nitrogen and oxygen atoms in total. The third kappa shape index (κ3) is 15.5. The lowest BCUT2D eigenvalue weighted by atomic mass is 10.1. The Morgan fingerprint density at radius 1 is 0.912 bits per heavy atom. The zero-order valence-corrected chi connectivity index (χ0v) is 20.7. The Labute approximate surface area is 198 Å². The van der Waals surface area contributed by atoms with Crippen LogP contribution < -0.4 is 0 Å². The molecule has 4 unspecified atom stereocenters. The summed E-state index contributed by atoms with van der Waals surface area (Å²) in [4.78, 5) is 68.8. The minimum atomic E-state index is -4.64. The fraction of sp³-hybridized carbons (Fsp3) is 0.417. The molecule has 1 fully saturated rings. The molecule has 2 aromatic rings. The Balaban J connectivity index is 0.000000599. The number of hydrogen-bond donors (Lipinski definition) is 11. The number of aliphatic hydroxyl groups excluding tert-OH is 2. The number of ether oxygens (including phenoxy) is 1. The van der Waals surface area contributed by atoms with E-state index in [1.165, 1.54) is 17.4 Å². The molecule has 0 saturated carbocycles. The van der Waals surface area contributed by atoms with E-state index in [1.807, 2.05) is 0 Å². The van der Waals surface area contributed by atoms with Gasteiger partial charge in [0, 0.05) is 5.02 Å². The summed E-state index contributed by atoms with van der Waals surface area (Å²) in [6.45, 7) is 1.67. The molecule has 1 aromatic carbocycles. The highest BCUT2D eigenvalue weighted by molar-refractivity contribution is 7.45. The first kappa shape index (κ1) is 33.5. The minimum absolute atomic E-state index is 0.203. The topological polar surface area (TPSA) is 296 Å². The molecule has 11 N–H and O–H groups in total. The van der Waals surface area contributed by atoms with E-state index in [0.29, 0.717) is 14.7 Å². The number of benzene rings is 1. The molecule has 34 heavy (non-hydrogen) atoms. The predicted molar refractivity (Wildman–Crippen MR) is 113 cm³/mol. The smallest absolute Gasteiger partial charge is 0.388 e. The van der Waals surface area contributed by atoms with Crippen LogP contribution in [0.2, 0.25) is 5.02 Å². The second-order valence-electron chi connectivity index (χ2n) is 6.07. The lowest BCUT2D eigenvalue weighted by molar-refractivity contribution is 0.0151. The monoisotopic (exact) mass is 597 g/mol. The molecule has 0 radical (unpaired) electrons. The van der Waals surface area contributed by atoms with Gasteiger partial charge in [-0.15, -0.1) is 11.3 Å². The number of aromatic nitrogens is 1. The SMILES string of the molecule is CC1OC(c2nc3c(F)cc(Cl)cc3s2)C(O)C1O.O=P(O)(O)O.O=P(O)(O)O.O=P(O)(O)O. The first-order valence-corrected chi connectivity index (χ1v) is 14.0. The molecular formula is C12H20ClFNO15P3S. The van der Waals surface area contributed by atoms with Crippen molar-refractivity contribution in [2.45, 2.75) is 31.3 Å². The number of rotatable bonds is 1. The Morgan fingerprint density at radius 3 is 1.68 bits per heavy atom. The molecule has 198 valence electrons. The summed E-state index contributed by atoms with van der Waals surface area (Å²) in [6.07, 6.45) is -3.25. The highest BCUT2D eigenvalue weighted by atomic mass is 35.5. The highest BCUT2D eigenvalue weighted by Gasteiger charge is 2.42. The van der Waals surface area contributed by atoms with Crippen molar-refractivity contribution in [1.82, 2.24) is 4.98 Å². The second kappa shape index (κ2) is 13.2. The van der Waals surface area contributed by atoms with E-state index in [4.69, 9.17) is 74.1 Å². The van der Waals surface area contributed by atoms with Crippen molar-refractivity contribution < 1.29 is 77.1 Å². The van der Waals surface area contributed by atoms with Gasteiger partial charge >= 0.3 is 23.5 Å². The number of aliphatic hydroxyl groups is 2. The number of thiazole rings is 1. The fourth-order valence-electron chi connectivity index (χ4n) is 2.15. The van der Waals surface area contributed by atoms with Crippen molar-refractivity contribution in [3.05, 3.63) is 28.0 Å². The maximum absolute atomic E-state index is 13.7. The molecule has 1 aliphatic heterocycles. The lowest BCUT2D eigenvalue weighted by Gasteiger charge is -2.11. The molecule has 22 heteroatoms. The van der Waals surface area contributed by atoms with E-state index in [1.54, 1.807) is 13.0 Å². The first-order valence-electron chi connectivity index (χ1n) is 8.09. The molecule has 4 atom stereocenters. The number of halogens is 2. The van der Waals surface area contributed by atoms with Gasteiger partial charge in [0.15, 0.2) is 5.82 Å². The second-order valence-corrected chi connectivity index (χ2v) is 10.6. The lowest BCUT2D eigenvalue weighted by Crippen LogP contribution is -2.28. The molecule has 0 amide bonds. The first-order chi connectivity index (χ1) is 15.0. The van der Waals surface area contributed by atoms with Gasteiger partial charge in [-0.25, -0.2) is 23.1 Å². The van der Waals surface area contributed by atoms with Crippen molar-refractivity contribution in [2.75, 3.05) is 0 Å². The third-order valence-corrected chi connectivity index (χ3v) is 4.46. The van der Waals surface area contributed by atoms with Crippen LogP contribution in [0, 0.1) is 5.82 Å². The van der Waals surface area contributed by atoms with Gasteiger partial charge in [-0.1, -0.05) is 11.6 Å². The van der Waals surface area contributed by atoms with Gasteiger partial charge in [0.1, 0.15) is 28.8 Å². The molecule has 0 spiro atoms. The molecule has 1 saturated heterocycles. The Bertz CT molecular complexity index is 1010. The van der Waals surface area contributed by atoms with Crippen molar-refractivity contribution >= 4 is 56.6 Å². The summed E-state index contributed by atoms with van der Waals surface area (Å²) in [5.41, 5.74) is 0.203. The zero-order chi connectivity index (χ0) is 27.2. The Kier molecular flexibility index (Phi) is 13.0. The van der Waals surface area contributed by atoms with Crippen LogP contribution in [0.15, 0.2) is 12.1 Å². The van der Waals surface area contributed by atoms with E-state index in [0.717, 1.165) is 0 Å². The van der Waals surface area contributed by atoms with Gasteiger partial charge in [-0.2, -0.15) is 0 Å². The van der Waals surface area contributed by atoms with Crippen LogP contribution in [-0.4, -0.2) is 77.5 Å². The fourth-order valence-corrected chi connectivity index (χ4v) is 3.52. The summed E-state index contributed by atoms with van der Waals surface area (Å²) in [5, 5.41) is 20.3.